The maximum absolute atomic E-state index is 13.6. The van der Waals surface area contributed by atoms with E-state index in [4.69, 9.17) is 4.74 Å². The first kappa shape index (κ1) is 21.8. The molecule has 0 aromatic heterocycles. The molecule has 1 aromatic rings. The number of ether oxygens (including phenoxy) is 1. The van der Waals surface area contributed by atoms with E-state index in [1.807, 2.05) is 31.2 Å². The van der Waals surface area contributed by atoms with E-state index in [9.17, 15) is 9.59 Å². The molecule has 1 aliphatic carbocycles. The van der Waals surface area contributed by atoms with E-state index in [2.05, 4.69) is 24.1 Å². The monoisotopic (exact) mass is 400 g/mol. The Morgan fingerprint density at radius 2 is 1.97 bits per heavy atom. The molecule has 5 nitrogen and oxygen atoms in total. The molecule has 2 amide bonds. The van der Waals surface area contributed by atoms with Crippen LogP contribution in [0.5, 0.6) is 0 Å². The second-order valence-electron chi connectivity index (χ2n) is 8.46. The lowest BCUT2D eigenvalue weighted by Gasteiger charge is -2.55. The van der Waals surface area contributed by atoms with Gasteiger partial charge in [-0.3, -0.25) is 9.59 Å². The Morgan fingerprint density at radius 3 is 2.66 bits per heavy atom. The molecule has 29 heavy (non-hydrogen) atoms. The van der Waals surface area contributed by atoms with Crippen LogP contribution in [0.3, 0.4) is 0 Å². The van der Waals surface area contributed by atoms with Crippen molar-refractivity contribution in [2.75, 3.05) is 19.8 Å². The molecule has 0 bridgehead atoms. The summed E-state index contributed by atoms with van der Waals surface area (Å²) in [4.78, 5) is 29.2. The Labute approximate surface area is 175 Å². The summed E-state index contributed by atoms with van der Waals surface area (Å²) in [6.45, 7) is 8.17. The van der Waals surface area contributed by atoms with Crippen molar-refractivity contribution in [3.63, 3.8) is 0 Å². The molecule has 1 aliphatic heterocycles. The van der Waals surface area contributed by atoms with Crippen molar-refractivity contribution in [3.05, 3.63) is 35.4 Å². The van der Waals surface area contributed by atoms with E-state index in [0.29, 0.717) is 25.3 Å². The number of rotatable bonds is 8. The van der Waals surface area contributed by atoms with Gasteiger partial charge in [0.1, 0.15) is 0 Å². The molecular formula is C24H36N2O3. The Balaban J connectivity index is 1.98. The number of fused-ring (bicyclic) bond motifs is 1. The summed E-state index contributed by atoms with van der Waals surface area (Å²) in [5, 5.41) is 3.16. The normalized spacial score (nSPS) is 21.7. The molecule has 1 saturated carbocycles. The third-order valence-electron chi connectivity index (χ3n) is 6.72. The minimum Gasteiger partial charge on any atom is -0.382 e. The molecule has 3 rings (SSSR count). The minimum atomic E-state index is -0.414. The van der Waals surface area contributed by atoms with E-state index in [1.165, 1.54) is 6.42 Å². The minimum absolute atomic E-state index is 0.0525. The third-order valence-corrected chi connectivity index (χ3v) is 6.72. The summed E-state index contributed by atoms with van der Waals surface area (Å²) < 4.78 is 5.40. The molecule has 1 N–H and O–H groups in total. The van der Waals surface area contributed by atoms with Crippen LogP contribution in [-0.2, 0) is 9.53 Å². The van der Waals surface area contributed by atoms with Crippen molar-refractivity contribution in [1.82, 2.24) is 10.2 Å². The number of nitrogens with zero attached hydrogens (tertiary/aromatic N) is 1. The Bertz CT molecular complexity index is 712. The van der Waals surface area contributed by atoms with Gasteiger partial charge in [-0.05, 0) is 51.2 Å². The van der Waals surface area contributed by atoms with E-state index in [1.54, 1.807) is 0 Å². The highest BCUT2D eigenvalue weighted by Crippen LogP contribution is 2.50. The molecule has 0 unspecified atom stereocenters. The van der Waals surface area contributed by atoms with Crippen LogP contribution in [0, 0.1) is 0 Å². The van der Waals surface area contributed by atoms with Gasteiger partial charge in [0.2, 0.25) is 5.91 Å². The molecule has 1 heterocycles. The molecule has 1 fully saturated rings. The molecule has 0 radical (unpaired) electrons. The number of nitrogens with one attached hydrogen (secondary N) is 1. The van der Waals surface area contributed by atoms with Crippen molar-refractivity contribution < 1.29 is 14.3 Å². The molecule has 2 atom stereocenters. The summed E-state index contributed by atoms with van der Waals surface area (Å²) >= 11 is 0. The highest BCUT2D eigenvalue weighted by molar-refractivity contribution is 6.02. The first-order chi connectivity index (χ1) is 14.1. The maximum Gasteiger partial charge on any atom is 0.254 e. The van der Waals surface area contributed by atoms with E-state index >= 15 is 0 Å². The predicted molar refractivity (Wildman–Crippen MR) is 115 cm³/mol. The molecule has 2 aliphatic rings. The van der Waals surface area contributed by atoms with E-state index in [0.717, 1.165) is 44.1 Å². The van der Waals surface area contributed by atoms with Crippen LogP contribution >= 0.6 is 0 Å². The molecule has 1 spiro atoms. The van der Waals surface area contributed by atoms with E-state index in [-0.39, 0.29) is 23.8 Å². The maximum atomic E-state index is 13.6. The van der Waals surface area contributed by atoms with E-state index < -0.39 is 5.54 Å². The number of hydrogen-bond donors (Lipinski definition) is 1. The smallest absolute Gasteiger partial charge is 0.254 e. The Hall–Kier alpha value is -1.88. The first-order valence-electron chi connectivity index (χ1n) is 11.3. The average Bonchev–Trinajstić information content (AvgIpc) is 2.74. The molecule has 5 heteroatoms. The van der Waals surface area contributed by atoms with Crippen molar-refractivity contribution in [2.45, 2.75) is 83.2 Å². The summed E-state index contributed by atoms with van der Waals surface area (Å²) in [5.74, 6) is -0.160. The molecule has 160 valence electrons. The number of carbonyl (C=O) groups is 2. The van der Waals surface area contributed by atoms with Crippen molar-refractivity contribution >= 4 is 11.8 Å². The Kier molecular flexibility index (Phi) is 7.33. The van der Waals surface area contributed by atoms with Crippen LogP contribution in [0.2, 0.25) is 0 Å². The summed E-state index contributed by atoms with van der Waals surface area (Å²) in [5.41, 5.74) is 1.18. The third kappa shape index (κ3) is 4.20. The fraction of sp³-hybridized carbons (Fsp3) is 0.667. The number of benzene rings is 1. The second-order valence-corrected chi connectivity index (χ2v) is 8.46. The van der Waals surface area contributed by atoms with Gasteiger partial charge in [-0.2, -0.15) is 0 Å². The zero-order chi connectivity index (χ0) is 20.9. The van der Waals surface area contributed by atoms with Gasteiger partial charge < -0.3 is 15.0 Å². The zero-order valence-electron chi connectivity index (χ0n) is 18.2. The number of amides is 2. The quantitative estimate of drug-likeness (QED) is 0.663. The van der Waals surface area contributed by atoms with Gasteiger partial charge in [0.05, 0.1) is 11.5 Å². The van der Waals surface area contributed by atoms with Crippen LogP contribution in [-0.4, -0.2) is 48.1 Å². The molecule has 1 aromatic carbocycles. The molecule has 0 saturated heterocycles. The van der Waals surface area contributed by atoms with Crippen LogP contribution in [0.4, 0.5) is 0 Å². The van der Waals surface area contributed by atoms with Crippen LogP contribution in [0.1, 0.15) is 87.6 Å². The standard InChI is InChI=1S/C24H36N2O3/c1-4-18(3)26-23(28)20-13-8-7-12-19(20)21(24(26)14-9-6-10-15-24)22(27)25-16-11-17-29-5-2/h7-8,12-13,18,21H,4-6,9-11,14-17H2,1-3H3,(H,25,27)/t18-,21+/m1/s1. The summed E-state index contributed by atoms with van der Waals surface area (Å²) in [6.07, 6.45) is 6.79. The van der Waals surface area contributed by atoms with Gasteiger partial charge in [0.25, 0.3) is 5.91 Å². The fourth-order valence-electron chi connectivity index (χ4n) is 5.24. The average molecular weight is 401 g/mol. The largest absolute Gasteiger partial charge is 0.382 e. The lowest BCUT2D eigenvalue weighted by Crippen LogP contribution is -2.64. The van der Waals surface area contributed by atoms with Gasteiger partial charge in [-0.15, -0.1) is 0 Å². The lowest BCUT2D eigenvalue weighted by atomic mass is 9.64. The first-order valence-corrected chi connectivity index (χ1v) is 11.3. The van der Waals surface area contributed by atoms with Crippen LogP contribution < -0.4 is 5.32 Å². The van der Waals surface area contributed by atoms with Gasteiger partial charge >= 0.3 is 0 Å². The fourth-order valence-corrected chi connectivity index (χ4v) is 5.24. The predicted octanol–water partition coefficient (Wildman–Crippen LogP) is 4.27. The van der Waals surface area contributed by atoms with Crippen molar-refractivity contribution in [2.24, 2.45) is 0 Å². The SMILES string of the molecule is CCOCCCNC(=O)[C@@H]1c2ccccc2C(=O)N([C@H](C)CC)C12CCCCC2. The number of hydrogen-bond acceptors (Lipinski definition) is 3. The van der Waals surface area contributed by atoms with Crippen molar-refractivity contribution in [1.29, 1.82) is 0 Å². The van der Waals surface area contributed by atoms with Gasteiger partial charge in [0.15, 0.2) is 0 Å². The van der Waals surface area contributed by atoms with Crippen LogP contribution in [0.15, 0.2) is 24.3 Å². The van der Waals surface area contributed by atoms with Gasteiger partial charge in [-0.1, -0.05) is 44.4 Å². The van der Waals surface area contributed by atoms with Crippen LogP contribution in [0.25, 0.3) is 0 Å². The number of carbonyl (C=O) groups excluding carboxylic acids is 2. The van der Waals surface area contributed by atoms with Gasteiger partial charge in [0, 0.05) is 31.4 Å². The summed E-state index contributed by atoms with van der Waals surface area (Å²) in [7, 11) is 0. The van der Waals surface area contributed by atoms with Crippen molar-refractivity contribution in [3.8, 4) is 0 Å². The lowest BCUT2D eigenvalue weighted by molar-refractivity contribution is -0.128. The highest BCUT2D eigenvalue weighted by atomic mass is 16.5. The Morgan fingerprint density at radius 1 is 1.24 bits per heavy atom. The molecular weight excluding hydrogens is 364 g/mol. The second kappa shape index (κ2) is 9.75. The zero-order valence-corrected chi connectivity index (χ0v) is 18.2. The summed E-state index contributed by atoms with van der Waals surface area (Å²) in [6, 6.07) is 7.85. The topological polar surface area (TPSA) is 58.6 Å². The van der Waals surface area contributed by atoms with Gasteiger partial charge in [-0.25, -0.2) is 0 Å². The highest BCUT2D eigenvalue weighted by Gasteiger charge is 2.55.